The third-order valence-corrected chi connectivity index (χ3v) is 0.866. The first-order chi connectivity index (χ1) is 3.65. The summed E-state index contributed by atoms with van der Waals surface area (Å²) in [6, 6.07) is -0.833. The van der Waals surface area contributed by atoms with E-state index < -0.39 is 6.03 Å². The predicted octanol–water partition coefficient (Wildman–Crippen LogP) is -1.67. The molecule has 8 heavy (non-hydrogen) atoms. The van der Waals surface area contributed by atoms with Gasteiger partial charge in [0.1, 0.15) is 10.5 Å². The molecule has 0 spiro atoms. The molecule has 0 aromatic carbocycles. The van der Waals surface area contributed by atoms with Crippen LogP contribution in [-0.4, -0.2) is 23.1 Å². The van der Waals surface area contributed by atoms with Crippen LogP contribution in [0.15, 0.2) is 0 Å². The summed E-state index contributed by atoms with van der Waals surface area (Å²) in [6.07, 6.45) is 0. The van der Waals surface area contributed by atoms with Gasteiger partial charge in [0.15, 0.2) is 0 Å². The fourth-order valence-corrected chi connectivity index (χ4v) is 0. The topological polar surface area (TPSA) is 78.3 Å². The molecule has 0 unspecified atom stereocenters. The quantitative estimate of drug-likeness (QED) is 0.423. The molecule has 0 aliphatic carbocycles. The van der Waals surface area contributed by atoms with Crippen LogP contribution in [0.25, 0.3) is 0 Å². The van der Waals surface area contributed by atoms with Crippen molar-refractivity contribution in [2.45, 2.75) is 6.92 Å². The van der Waals surface area contributed by atoms with E-state index in [9.17, 15) is 0 Å². The molecule has 4 nitrogen and oxygen atoms in total. The summed E-state index contributed by atoms with van der Waals surface area (Å²) in [4.78, 5) is 9.00. The third-order valence-electron chi connectivity index (χ3n) is 0.289. The van der Waals surface area contributed by atoms with Crippen molar-refractivity contribution in [3.8, 4) is 0 Å². The van der Waals surface area contributed by atoms with Crippen LogP contribution < -0.4 is 11.5 Å². The van der Waals surface area contributed by atoms with Gasteiger partial charge in [-0.15, -0.1) is 0 Å². The molecule has 0 aromatic heterocycles. The largest absolute Gasteiger partial charge is 0.428 e. The molecule has 0 aliphatic heterocycles. The van der Waals surface area contributed by atoms with Gasteiger partial charge in [-0.3, -0.25) is 0 Å². The minimum Gasteiger partial charge on any atom is -0.428 e. The number of nitrogens with two attached hydrogens (primary N) is 2. The Bertz CT molecular complexity index is 53.2. The summed E-state index contributed by atoms with van der Waals surface area (Å²) < 4.78 is 4.68. The maximum absolute atomic E-state index is 9.00. The van der Waals surface area contributed by atoms with E-state index in [2.05, 4.69) is 15.9 Å². The van der Waals surface area contributed by atoms with Crippen LogP contribution in [0.5, 0.6) is 0 Å². The second-order valence-electron chi connectivity index (χ2n) is 0.980. The molecule has 0 atom stereocenters. The zero-order chi connectivity index (χ0) is 6.99. The van der Waals surface area contributed by atoms with Gasteiger partial charge in [-0.1, -0.05) is 0 Å². The molecule has 4 N–H and O–H groups in total. The lowest BCUT2D eigenvalue weighted by Gasteiger charge is -1.77. The molecule has 5 heteroatoms. The molecule has 0 bridgehead atoms. The Balaban J connectivity index is 0. The Morgan fingerprint density at radius 1 is 1.75 bits per heavy atom. The summed E-state index contributed by atoms with van der Waals surface area (Å²) in [5.41, 5.74) is 8.50. The van der Waals surface area contributed by atoms with E-state index in [0.717, 1.165) is 17.1 Å². The van der Waals surface area contributed by atoms with Crippen molar-refractivity contribution >= 4 is 16.5 Å². The molecule has 0 aromatic rings. The minimum atomic E-state index is -0.833. The van der Waals surface area contributed by atoms with Crippen molar-refractivity contribution in [2.75, 3.05) is 6.61 Å². The lowest BCUT2D eigenvalue weighted by Crippen LogP contribution is -2.18. The molecule has 2 amide bonds. The number of carbonyl (C=O) groups excluding carboxylic acids is 1. The van der Waals surface area contributed by atoms with Crippen LogP contribution in [-0.2, 0) is 4.43 Å². The van der Waals surface area contributed by atoms with E-state index in [1.54, 1.807) is 0 Å². The first-order valence-electron chi connectivity index (χ1n) is 2.19. The second-order valence-corrected chi connectivity index (χ2v) is 1.56. The van der Waals surface area contributed by atoms with Gasteiger partial charge in [0.25, 0.3) is 0 Å². The lowest BCUT2D eigenvalue weighted by molar-refractivity contribution is 0.256. The average Bonchev–Trinajstić information content (AvgIpc) is 1.65. The number of amides is 2. The highest BCUT2D eigenvalue weighted by molar-refractivity contribution is 5.97. The molecule has 0 aliphatic rings. The maximum Gasteiger partial charge on any atom is 0.309 e. The van der Waals surface area contributed by atoms with E-state index in [1.165, 1.54) is 0 Å². The zero-order valence-electron chi connectivity index (χ0n) is 5.18. The van der Waals surface area contributed by atoms with Crippen LogP contribution in [0.2, 0.25) is 0 Å². The number of urea groups is 1. The van der Waals surface area contributed by atoms with Gasteiger partial charge in [-0.2, -0.15) is 0 Å². The van der Waals surface area contributed by atoms with Gasteiger partial charge in [0.2, 0.25) is 0 Å². The van der Waals surface area contributed by atoms with E-state index in [4.69, 9.17) is 4.79 Å². The van der Waals surface area contributed by atoms with Crippen LogP contribution >= 0.6 is 0 Å². The van der Waals surface area contributed by atoms with Gasteiger partial charge < -0.3 is 15.9 Å². The molecule has 0 heterocycles. The van der Waals surface area contributed by atoms with Gasteiger partial charge in [0.05, 0.1) is 0 Å². The van der Waals surface area contributed by atoms with Gasteiger partial charge in [-0.25, -0.2) is 4.79 Å². The van der Waals surface area contributed by atoms with Crippen molar-refractivity contribution in [3.05, 3.63) is 0 Å². The smallest absolute Gasteiger partial charge is 0.309 e. The summed E-state index contributed by atoms with van der Waals surface area (Å²) in [7, 11) is 0.890. The predicted molar refractivity (Wildman–Crippen MR) is 35.3 cm³/mol. The zero-order valence-corrected chi connectivity index (χ0v) is 7.18. The third kappa shape index (κ3) is 539. The first kappa shape index (κ1) is 10.4. The molecule has 0 rings (SSSR count). The number of primary amides is 2. The van der Waals surface area contributed by atoms with Crippen LogP contribution in [0.3, 0.4) is 0 Å². The van der Waals surface area contributed by atoms with Crippen LogP contribution in [0, 0.1) is 0 Å². The van der Waals surface area contributed by atoms with Gasteiger partial charge in [-0.05, 0) is 6.92 Å². The summed E-state index contributed by atoms with van der Waals surface area (Å²) in [5.74, 6) is 0. The number of rotatable bonds is 1. The summed E-state index contributed by atoms with van der Waals surface area (Å²) in [5, 5.41) is 0. The minimum absolute atomic E-state index is 0.833. The molecule has 0 saturated carbocycles. The Hall–Kier alpha value is -0.553. The van der Waals surface area contributed by atoms with Crippen molar-refractivity contribution < 1.29 is 9.22 Å². The molecule has 0 fully saturated rings. The number of carbonyl (C=O) groups is 1. The Morgan fingerprint density at radius 3 is 1.88 bits per heavy atom. The monoisotopic (exact) mass is 136 g/mol. The number of hydrogen-bond donors (Lipinski definition) is 2. The molecule has 0 radical (unpaired) electrons. The normalized spacial score (nSPS) is 7.12. The van der Waals surface area contributed by atoms with Gasteiger partial charge >= 0.3 is 6.03 Å². The maximum atomic E-state index is 9.00. The highest BCUT2D eigenvalue weighted by Crippen LogP contribution is 1.50. The Kier molecular flexibility index (Phi) is 12.6. The van der Waals surface area contributed by atoms with E-state index in [0.29, 0.717) is 0 Å². The summed E-state index contributed by atoms with van der Waals surface area (Å²) >= 11 is 0. The average molecular weight is 136 g/mol. The molecule has 0 saturated heterocycles. The molecule has 50 valence electrons. The highest BCUT2D eigenvalue weighted by Gasteiger charge is 1.60. The van der Waals surface area contributed by atoms with Crippen LogP contribution in [0.1, 0.15) is 6.92 Å². The van der Waals surface area contributed by atoms with Gasteiger partial charge in [0, 0.05) is 6.61 Å². The van der Waals surface area contributed by atoms with Crippen molar-refractivity contribution in [3.63, 3.8) is 0 Å². The Labute approximate surface area is 51.7 Å². The highest BCUT2D eigenvalue weighted by atomic mass is 28.2. The second kappa shape index (κ2) is 9.67. The number of hydrogen-bond acceptors (Lipinski definition) is 2. The lowest BCUT2D eigenvalue weighted by atomic mass is 10.9. The summed E-state index contributed by atoms with van der Waals surface area (Å²) in [6.45, 7) is 2.87. The molecular formula is C3H12N2O2Si. The first-order valence-corrected chi connectivity index (χ1v) is 3.00. The fourth-order valence-electron chi connectivity index (χ4n) is 0. The molecular weight excluding hydrogens is 124 g/mol. The van der Waals surface area contributed by atoms with Crippen molar-refractivity contribution in [1.82, 2.24) is 0 Å². The van der Waals surface area contributed by atoms with Crippen LogP contribution in [0.4, 0.5) is 4.79 Å². The SMILES string of the molecule is CCO[SiH3].NC(N)=O. The Morgan fingerprint density at radius 2 is 1.88 bits per heavy atom. The van der Waals surface area contributed by atoms with E-state index >= 15 is 0 Å². The van der Waals surface area contributed by atoms with E-state index in [1.807, 2.05) is 6.92 Å². The van der Waals surface area contributed by atoms with Crippen molar-refractivity contribution in [2.24, 2.45) is 11.5 Å². The standard InChI is InChI=1S/C2H8OSi.CH4N2O/c1-2-3-4;2-1(3)4/h2H2,1,4H3;(H4,2,3,4). The van der Waals surface area contributed by atoms with Crippen molar-refractivity contribution in [1.29, 1.82) is 0 Å². The van der Waals surface area contributed by atoms with E-state index in [-0.39, 0.29) is 0 Å². The fraction of sp³-hybridized carbons (Fsp3) is 0.667.